The van der Waals surface area contributed by atoms with Crippen LogP contribution in [0.1, 0.15) is 34.1 Å². The van der Waals surface area contributed by atoms with Crippen molar-refractivity contribution < 1.29 is 4.74 Å². The van der Waals surface area contributed by atoms with Crippen molar-refractivity contribution >= 4 is 17.5 Å². The monoisotopic (exact) mass is 313 g/mol. The summed E-state index contributed by atoms with van der Waals surface area (Å²) in [4.78, 5) is 17.3. The molecule has 7 heteroatoms. The molecule has 0 radical (unpaired) electrons. The van der Waals surface area contributed by atoms with Crippen molar-refractivity contribution in [2.75, 3.05) is 31.1 Å². The highest BCUT2D eigenvalue weighted by molar-refractivity contribution is 6.28. The minimum Gasteiger partial charge on any atom is -0.461 e. The number of hydrogen-bond acceptors (Lipinski definition) is 6. The summed E-state index contributed by atoms with van der Waals surface area (Å²) in [5.41, 5.74) is 0. The number of aromatic nitrogens is 3. The van der Waals surface area contributed by atoms with Crippen molar-refractivity contribution in [2.45, 2.75) is 46.3 Å². The molecule has 1 saturated heterocycles. The van der Waals surface area contributed by atoms with Crippen LogP contribution < -0.4 is 9.64 Å². The van der Waals surface area contributed by atoms with E-state index >= 15 is 0 Å². The second kappa shape index (κ2) is 7.22. The number of rotatable bonds is 6. The molecule has 0 saturated carbocycles. The fraction of sp³-hybridized carbons (Fsp3) is 0.786. The molecule has 1 unspecified atom stereocenters. The van der Waals surface area contributed by atoms with E-state index in [0.717, 1.165) is 32.6 Å². The van der Waals surface area contributed by atoms with Gasteiger partial charge in [0.1, 0.15) is 0 Å². The van der Waals surface area contributed by atoms with Gasteiger partial charge in [-0.2, -0.15) is 15.0 Å². The Morgan fingerprint density at radius 3 is 2.62 bits per heavy atom. The maximum Gasteiger partial charge on any atom is 0.322 e. The van der Waals surface area contributed by atoms with Crippen LogP contribution in [0, 0.1) is 0 Å². The zero-order chi connectivity index (χ0) is 15.4. The van der Waals surface area contributed by atoms with Crippen LogP contribution in [0.3, 0.4) is 0 Å². The first-order valence-electron chi connectivity index (χ1n) is 7.60. The van der Waals surface area contributed by atoms with Gasteiger partial charge in [-0.05, 0) is 45.0 Å². The van der Waals surface area contributed by atoms with Crippen molar-refractivity contribution in [3.8, 4) is 6.01 Å². The van der Waals surface area contributed by atoms with Gasteiger partial charge < -0.3 is 9.64 Å². The Hall–Kier alpha value is -1.14. The van der Waals surface area contributed by atoms with Crippen LogP contribution in [0.4, 0.5) is 5.95 Å². The molecule has 118 valence electrons. The molecule has 0 aromatic carbocycles. The number of ether oxygens (including phenoxy) is 1. The van der Waals surface area contributed by atoms with Gasteiger partial charge in [0.05, 0.1) is 6.10 Å². The van der Waals surface area contributed by atoms with Crippen molar-refractivity contribution in [1.82, 2.24) is 19.9 Å². The van der Waals surface area contributed by atoms with E-state index in [0.29, 0.717) is 18.0 Å². The van der Waals surface area contributed by atoms with Gasteiger partial charge in [0.25, 0.3) is 0 Å². The molecular weight excluding hydrogens is 290 g/mol. The summed E-state index contributed by atoms with van der Waals surface area (Å²) in [5.74, 6) is 0.611. The maximum atomic E-state index is 5.99. The lowest BCUT2D eigenvalue weighted by atomic mass is 10.2. The smallest absolute Gasteiger partial charge is 0.322 e. The molecule has 0 amide bonds. The number of nitrogens with zero attached hydrogens (tertiary/aromatic N) is 5. The Labute approximate surface area is 131 Å². The third-order valence-corrected chi connectivity index (χ3v) is 3.86. The Morgan fingerprint density at radius 1 is 1.29 bits per heavy atom. The Bertz CT molecular complexity index is 467. The lowest BCUT2D eigenvalue weighted by Gasteiger charge is -2.26. The molecule has 2 heterocycles. The highest BCUT2D eigenvalue weighted by Crippen LogP contribution is 2.22. The van der Waals surface area contributed by atoms with Gasteiger partial charge in [-0.25, -0.2) is 0 Å². The van der Waals surface area contributed by atoms with Crippen LogP contribution >= 0.6 is 11.6 Å². The number of anilines is 1. The summed E-state index contributed by atoms with van der Waals surface area (Å²) < 4.78 is 5.53. The molecule has 1 aromatic rings. The van der Waals surface area contributed by atoms with E-state index in [1.165, 1.54) is 0 Å². The maximum absolute atomic E-state index is 5.99. The minimum atomic E-state index is 0.0123. The Morgan fingerprint density at radius 2 is 2.00 bits per heavy atom. The summed E-state index contributed by atoms with van der Waals surface area (Å²) in [6.45, 7) is 12.2. The number of halogens is 1. The van der Waals surface area contributed by atoms with Gasteiger partial charge >= 0.3 is 6.01 Å². The van der Waals surface area contributed by atoms with Gasteiger partial charge in [0, 0.05) is 19.1 Å². The van der Waals surface area contributed by atoms with Crippen molar-refractivity contribution in [1.29, 1.82) is 0 Å². The second-order valence-corrected chi connectivity index (χ2v) is 5.80. The van der Waals surface area contributed by atoms with E-state index in [4.69, 9.17) is 16.3 Å². The molecular formula is C14H24ClN5O. The van der Waals surface area contributed by atoms with Crippen LogP contribution in [-0.4, -0.2) is 58.2 Å². The molecule has 1 fully saturated rings. The van der Waals surface area contributed by atoms with Gasteiger partial charge in [-0.3, -0.25) is 4.90 Å². The first kappa shape index (κ1) is 16.2. The van der Waals surface area contributed by atoms with Crippen LogP contribution in [0.5, 0.6) is 6.01 Å². The number of hydrogen-bond donors (Lipinski definition) is 0. The molecule has 1 aliphatic rings. The van der Waals surface area contributed by atoms with E-state index < -0.39 is 0 Å². The van der Waals surface area contributed by atoms with Crippen molar-refractivity contribution in [3.05, 3.63) is 5.28 Å². The molecule has 6 nitrogen and oxygen atoms in total. The highest BCUT2D eigenvalue weighted by atomic mass is 35.5. The van der Waals surface area contributed by atoms with Gasteiger partial charge in [0.15, 0.2) is 0 Å². The summed E-state index contributed by atoms with van der Waals surface area (Å²) >= 11 is 5.99. The van der Waals surface area contributed by atoms with E-state index in [1.807, 2.05) is 13.8 Å². The first-order valence-corrected chi connectivity index (χ1v) is 7.98. The standard InChI is InChI=1S/C14H24ClN5O/c1-5-19(6-2)11-7-8-20(9-11)13-16-12(15)17-14(18-13)21-10(3)4/h10-11H,5-9H2,1-4H3. The predicted molar refractivity (Wildman–Crippen MR) is 84.1 cm³/mol. The van der Waals surface area contributed by atoms with E-state index in [1.54, 1.807) is 0 Å². The summed E-state index contributed by atoms with van der Waals surface area (Å²) in [6.07, 6.45) is 1.13. The Balaban J connectivity index is 2.10. The predicted octanol–water partition coefficient (Wildman–Crippen LogP) is 2.23. The Kier molecular flexibility index (Phi) is 5.58. The summed E-state index contributed by atoms with van der Waals surface area (Å²) in [6, 6.07) is 0.844. The fourth-order valence-electron chi connectivity index (χ4n) is 2.69. The van der Waals surface area contributed by atoms with Crippen LogP contribution in [-0.2, 0) is 0 Å². The molecule has 0 bridgehead atoms. The average Bonchev–Trinajstić information content (AvgIpc) is 2.88. The fourth-order valence-corrected chi connectivity index (χ4v) is 2.84. The molecule has 21 heavy (non-hydrogen) atoms. The van der Waals surface area contributed by atoms with E-state index in [9.17, 15) is 0 Å². The molecule has 0 N–H and O–H groups in total. The zero-order valence-electron chi connectivity index (χ0n) is 13.2. The van der Waals surface area contributed by atoms with Crippen LogP contribution in [0.15, 0.2) is 0 Å². The SMILES string of the molecule is CCN(CC)C1CCN(c2nc(Cl)nc(OC(C)C)n2)C1. The minimum absolute atomic E-state index is 0.0123. The lowest BCUT2D eigenvalue weighted by Crippen LogP contribution is -2.37. The lowest BCUT2D eigenvalue weighted by molar-refractivity contribution is 0.221. The molecule has 2 rings (SSSR count). The quantitative estimate of drug-likeness (QED) is 0.803. The van der Waals surface area contributed by atoms with E-state index in [2.05, 4.69) is 38.6 Å². The van der Waals surface area contributed by atoms with Crippen LogP contribution in [0.25, 0.3) is 0 Å². The first-order chi connectivity index (χ1) is 10.0. The topological polar surface area (TPSA) is 54.4 Å². The molecule has 1 atom stereocenters. The number of likely N-dealkylation sites (N-methyl/N-ethyl adjacent to an activating group) is 1. The molecule has 0 spiro atoms. The largest absolute Gasteiger partial charge is 0.461 e. The van der Waals surface area contributed by atoms with Gasteiger partial charge in [-0.1, -0.05) is 13.8 Å². The molecule has 1 aromatic heterocycles. The van der Waals surface area contributed by atoms with Gasteiger partial charge in [-0.15, -0.1) is 0 Å². The van der Waals surface area contributed by atoms with E-state index in [-0.39, 0.29) is 11.4 Å². The highest BCUT2D eigenvalue weighted by Gasteiger charge is 2.28. The summed E-state index contributed by atoms with van der Waals surface area (Å²) in [5, 5.41) is 0.182. The van der Waals surface area contributed by atoms with Crippen LogP contribution in [0.2, 0.25) is 5.28 Å². The molecule has 1 aliphatic heterocycles. The normalized spacial score (nSPS) is 18.8. The van der Waals surface area contributed by atoms with Gasteiger partial charge in [0.2, 0.25) is 11.2 Å². The second-order valence-electron chi connectivity index (χ2n) is 5.46. The third-order valence-electron chi connectivity index (χ3n) is 3.69. The summed E-state index contributed by atoms with van der Waals surface area (Å²) in [7, 11) is 0. The molecule has 0 aliphatic carbocycles. The average molecular weight is 314 g/mol. The van der Waals surface area contributed by atoms with Crippen molar-refractivity contribution in [3.63, 3.8) is 0 Å². The van der Waals surface area contributed by atoms with Crippen molar-refractivity contribution in [2.24, 2.45) is 0 Å². The zero-order valence-corrected chi connectivity index (χ0v) is 14.0. The third kappa shape index (κ3) is 4.17.